The first kappa shape index (κ1) is 10.4. The maximum atomic E-state index is 10.8. The van der Waals surface area contributed by atoms with Crippen molar-refractivity contribution in [3.8, 4) is 0 Å². The fraction of sp³-hybridized carbons (Fsp3) is 0.667. The Morgan fingerprint density at radius 3 is 3.08 bits per heavy atom. The topological polar surface area (TPSA) is 38.3 Å². The summed E-state index contributed by atoms with van der Waals surface area (Å²) in [6, 6.07) is 0. The molecular weight excluding hydrogens is 186 g/mol. The Balaban J connectivity index is 2.37. The van der Waals surface area contributed by atoms with Gasteiger partial charge in [0.25, 0.3) is 0 Å². The first-order chi connectivity index (χ1) is 6.33. The number of hydrogen-bond donors (Lipinski definition) is 2. The van der Waals surface area contributed by atoms with Crippen molar-refractivity contribution in [2.45, 2.75) is 38.2 Å². The third-order valence-electron chi connectivity index (χ3n) is 2.06. The van der Waals surface area contributed by atoms with Crippen molar-refractivity contribution in [2.24, 2.45) is 0 Å². The zero-order chi connectivity index (χ0) is 9.52. The molecule has 0 spiro atoms. The monoisotopic (exact) mass is 201 g/mol. The highest BCUT2D eigenvalue weighted by Gasteiger charge is 2.10. The molecule has 1 aliphatic rings. The van der Waals surface area contributed by atoms with Crippen molar-refractivity contribution < 1.29 is 9.53 Å². The van der Waals surface area contributed by atoms with Crippen LogP contribution in [0.2, 0.25) is 0 Å². The van der Waals surface area contributed by atoms with Crippen molar-refractivity contribution in [3.63, 3.8) is 0 Å². The second kappa shape index (κ2) is 5.91. The van der Waals surface area contributed by atoms with E-state index in [4.69, 9.17) is 4.74 Å². The Kier molecular flexibility index (Phi) is 4.75. The fourth-order valence-corrected chi connectivity index (χ4v) is 1.44. The predicted octanol–water partition coefficient (Wildman–Crippen LogP) is 2.45. The Bertz CT molecular complexity index is 194. The number of carbonyl (C=O) groups excluding carboxylic acids is 1. The van der Waals surface area contributed by atoms with Gasteiger partial charge in [-0.1, -0.05) is 25.3 Å². The van der Waals surface area contributed by atoms with Gasteiger partial charge >= 0.3 is 6.09 Å². The number of rotatable bonds is 1. The first-order valence-electron chi connectivity index (χ1n) is 4.60. The van der Waals surface area contributed by atoms with Gasteiger partial charge in [-0.25, -0.2) is 4.79 Å². The van der Waals surface area contributed by atoms with Crippen LogP contribution >= 0.6 is 12.8 Å². The van der Waals surface area contributed by atoms with E-state index in [9.17, 15) is 4.79 Å². The molecule has 0 unspecified atom stereocenters. The molecule has 1 aliphatic carbocycles. The van der Waals surface area contributed by atoms with Crippen LogP contribution in [-0.2, 0) is 4.74 Å². The third-order valence-corrected chi connectivity index (χ3v) is 2.24. The van der Waals surface area contributed by atoms with Crippen molar-refractivity contribution in [1.29, 1.82) is 0 Å². The van der Waals surface area contributed by atoms with Gasteiger partial charge in [-0.15, -0.1) is 0 Å². The predicted molar refractivity (Wildman–Crippen MR) is 54.6 cm³/mol. The molecule has 0 radical (unpaired) electrons. The molecule has 3 nitrogen and oxygen atoms in total. The molecular formula is C9H15NO2S. The minimum atomic E-state index is -0.474. The van der Waals surface area contributed by atoms with Crippen LogP contribution in [0.25, 0.3) is 0 Å². The van der Waals surface area contributed by atoms with Crippen LogP contribution in [0.5, 0.6) is 0 Å². The maximum Gasteiger partial charge on any atom is 0.417 e. The minimum absolute atomic E-state index is 0.0764. The van der Waals surface area contributed by atoms with E-state index in [1.54, 1.807) is 0 Å². The summed E-state index contributed by atoms with van der Waals surface area (Å²) < 4.78 is 7.21. The first-order valence-corrected chi connectivity index (χ1v) is 5.05. The summed E-state index contributed by atoms with van der Waals surface area (Å²) in [5.41, 5.74) is 0. The second-order valence-electron chi connectivity index (χ2n) is 3.12. The molecule has 13 heavy (non-hydrogen) atoms. The van der Waals surface area contributed by atoms with E-state index < -0.39 is 6.09 Å². The summed E-state index contributed by atoms with van der Waals surface area (Å²) in [6.07, 6.45) is 9.06. The lowest BCUT2D eigenvalue weighted by molar-refractivity contribution is 0.120. The van der Waals surface area contributed by atoms with Crippen LogP contribution in [-0.4, -0.2) is 12.2 Å². The van der Waals surface area contributed by atoms with Crippen LogP contribution in [0, 0.1) is 0 Å². The van der Waals surface area contributed by atoms with Gasteiger partial charge in [0, 0.05) is 0 Å². The molecule has 4 heteroatoms. The van der Waals surface area contributed by atoms with Crippen LogP contribution in [0.3, 0.4) is 0 Å². The molecule has 0 bridgehead atoms. The van der Waals surface area contributed by atoms with Gasteiger partial charge in [0.05, 0.1) is 0 Å². The number of thiol groups is 1. The molecule has 0 fully saturated rings. The Hall–Kier alpha value is -0.640. The van der Waals surface area contributed by atoms with Crippen LogP contribution in [0.1, 0.15) is 32.1 Å². The second-order valence-corrected chi connectivity index (χ2v) is 3.35. The lowest BCUT2D eigenvalue weighted by atomic mass is 10.0. The summed E-state index contributed by atoms with van der Waals surface area (Å²) in [7, 11) is 0. The Labute approximate surface area is 84.1 Å². The van der Waals surface area contributed by atoms with E-state index in [1.165, 1.54) is 12.8 Å². The van der Waals surface area contributed by atoms with E-state index in [1.807, 2.05) is 6.08 Å². The zero-order valence-corrected chi connectivity index (χ0v) is 8.43. The molecule has 0 saturated carbocycles. The van der Waals surface area contributed by atoms with Gasteiger partial charge in [0.2, 0.25) is 0 Å². The van der Waals surface area contributed by atoms with Crippen molar-refractivity contribution in [2.75, 3.05) is 0 Å². The van der Waals surface area contributed by atoms with Gasteiger partial charge in [-0.05, 0) is 31.8 Å². The SMILES string of the molecule is O=C(NS)O[C@@H]1/C=C/CCCCC1. The highest BCUT2D eigenvalue weighted by Crippen LogP contribution is 2.14. The smallest absolute Gasteiger partial charge is 0.417 e. The average molecular weight is 201 g/mol. The molecule has 1 amide bonds. The highest BCUT2D eigenvalue weighted by molar-refractivity contribution is 7.78. The number of ether oxygens (including phenoxy) is 1. The molecule has 0 heterocycles. The summed E-state index contributed by atoms with van der Waals surface area (Å²) in [5.74, 6) is 0. The number of nitrogens with one attached hydrogen (secondary N) is 1. The van der Waals surface area contributed by atoms with E-state index in [0.717, 1.165) is 19.3 Å². The number of amides is 1. The number of hydrogen-bond acceptors (Lipinski definition) is 3. The van der Waals surface area contributed by atoms with Crippen molar-refractivity contribution >= 4 is 18.9 Å². The maximum absolute atomic E-state index is 10.8. The van der Waals surface area contributed by atoms with Crippen molar-refractivity contribution in [3.05, 3.63) is 12.2 Å². The van der Waals surface area contributed by atoms with Gasteiger partial charge in [-0.3, -0.25) is 4.72 Å². The fourth-order valence-electron chi connectivity index (χ4n) is 1.39. The lowest BCUT2D eigenvalue weighted by Crippen LogP contribution is -2.22. The molecule has 1 N–H and O–H groups in total. The standard InChI is InChI=1S/C9H15NO2S/c11-9(10-13)12-8-6-4-2-1-3-5-7-8/h4,6,8,13H,1-3,5,7H2,(H,10,11)/b6-4+/t8-/m1/s1. The molecule has 0 aliphatic heterocycles. The van der Waals surface area contributed by atoms with E-state index in [-0.39, 0.29) is 6.10 Å². The van der Waals surface area contributed by atoms with Gasteiger partial charge in [0.1, 0.15) is 6.10 Å². The molecule has 0 saturated heterocycles. The molecule has 0 aromatic carbocycles. The van der Waals surface area contributed by atoms with Crippen LogP contribution < -0.4 is 4.72 Å². The largest absolute Gasteiger partial charge is 0.441 e. The van der Waals surface area contributed by atoms with Gasteiger partial charge in [0.15, 0.2) is 0 Å². The van der Waals surface area contributed by atoms with E-state index in [0.29, 0.717) is 0 Å². The molecule has 0 aromatic heterocycles. The summed E-state index contributed by atoms with van der Waals surface area (Å²) in [6.45, 7) is 0. The summed E-state index contributed by atoms with van der Waals surface area (Å²) in [5, 5.41) is 0. The third kappa shape index (κ3) is 4.22. The lowest BCUT2D eigenvalue weighted by Gasteiger charge is -2.15. The normalized spacial score (nSPS) is 25.5. The highest BCUT2D eigenvalue weighted by atomic mass is 32.1. The van der Waals surface area contributed by atoms with Gasteiger partial charge in [-0.2, -0.15) is 0 Å². The van der Waals surface area contributed by atoms with Crippen LogP contribution in [0.15, 0.2) is 12.2 Å². The number of carbonyl (C=O) groups is 1. The van der Waals surface area contributed by atoms with E-state index >= 15 is 0 Å². The molecule has 1 atom stereocenters. The summed E-state index contributed by atoms with van der Waals surface area (Å²) >= 11 is 3.61. The zero-order valence-electron chi connectivity index (χ0n) is 7.53. The quantitative estimate of drug-likeness (QED) is 0.505. The minimum Gasteiger partial charge on any atom is -0.441 e. The number of allylic oxidation sites excluding steroid dienone is 1. The van der Waals surface area contributed by atoms with Crippen LogP contribution in [0.4, 0.5) is 4.79 Å². The molecule has 0 aromatic rings. The van der Waals surface area contributed by atoms with Gasteiger partial charge < -0.3 is 4.74 Å². The molecule has 1 rings (SSSR count). The average Bonchev–Trinajstić information content (AvgIpc) is 2.09. The molecule has 74 valence electrons. The Morgan fingerprint density at radius 2 is 2.31 bits per heavy atom. The summed E-state index contributed by atoms with van der Waals surface area (Å²) in [4.78, 5) is 10.8. The van der Waals surface area contributed by atoms with E-state index in [2.05, 4.69) is 23.6 Å². The Morgan fingerprint density at radius 1 is 1.46 bits per heavy atom. The van der Waals surface area contributed by atoms with Crippen molar-refractivity contribution in [1.82, 2.24) is 4.72 Å².